The van der Waals surface area contributed by atoms with Crippen molar-refractivity contribution in [2.24, 2.45) is 5.92 Å². The molecule has 1 aliphatic heterocycles. The van der Waals surface area contributed by atoms with Crippen LogP contribution in [0.25, 0.3) is 0 Å². The number of ether oxygens (including phenoxy) is 1. The van der Waals surface area contributed by atoms with Crippen molar-refractivity contribution in [2.45, 2.75) is 19.3 Å². The van der Waals surface area contributed by atoms with Crippen LogP contribution >= 0.6 is 0 Å². The minimum absolute atomic E-state index is 0.0789. The number of nitrogens with zero attached hydrogens (tertiary/aromatic N) is 4. The number of hydrogen-bond acceptors (Lipinski definition) is 6. The highest BCUT2D eigenvalue weighted by atomic mass is 16.5. The van der Waals surface area contributed by atoms with E-state index in [-0.39, 0.29) is 17.7 Å². The van der Waals surface area contributed by atoms with Gasteiger partial charge in [0.05, 0.1) is 12.9 Å². The topological polar surface area (TPSA) is 71.7 Å². The third-order valence-electron chi connectivity index (χ3n) is 4.80. The van der Waals surface area contributed by atoms with Gasteiger partial charge in [0.2, 0.25) is 17.7 Å². The van der Waals surface area contributed by atoms with E-state index in [0.717, 1.165) is 25.3 Å². The smallest absolute Gasteiger partial charge is 0.228 e. The second-order valence-electron chi connectivity index (χ2n) is 6.40. The Morgan fingerprint density at radius 1 is 1.32 bits per heavy atom. The van der Waals surface area contributed by atoms with Crippen LogP contribution in [0, 0.1) is 5.92 Å². The summed E-state index contributed by atoms with van der Waals surface area (Å²) in [5, 5.41) is 0. The quantitative estimate of drug-likeness (QED) is 0.827. The minimum Gasteiger partial charge on any atom is -0.478 e. The van der Waals surface area contributed by atoms with Crippen molar-refractivity contribution in [3.05, 3.63) is 36.4 Å². The van der Waals surface area contributed by atoms with Crippen LogP contribution in [0.15, 0.2) is 35.1 Å². The number of rotatable bonds is 5. The zero-order valence-electron chi connectivity index (χ0n) is 14.3. The highest BCUT2D eigenvalue weighted by molar-refractivity contribution is 5.83. The molecule has 1 saturated carbocycles. The van der Waals surface area contributed by atoms with Gasteiger partial charge in [-0.25, -0.2) is 4.98 Å². The van der Waals surface area contributed by atoms with E-state index in [9.17, 15) is 4.79 Å². The first-order chi connectivity index (χ1) is 12.3. The van der Waals surface area contributed by atoms with Crippen LogP contribution in [0.5, 0.6) is 5.88 Å². The Kier molecular flexibility index (Phi) is 4.29. The van der Waals surface area contributed by atoms with Crippen molar-refractivity contribution in [2.75, 3.05) is 37.7 Å². The summed E-state index contributed by atoms with van der Waals surface area (Å²) in [6, 6.07) is 5.59. The number of carbonyl (C=O) groups is 1. The van der Waals surface area contributed by atoms with Crippen molar-refractivity contribution in [3.63, 3.8) is 0 Å². The highest BCUT2D eigenvalue weighted by Crippen LogP contribution is 2.48. The molecule has 0 bridgehead atoms. The van der Waals surface area contributed by atoms with E-state index in [4.69, 9.17) is 9.15 Å². The molecule has 2 fully saturated rings. The molecule has 7 heteroatoms. The standard InChI is InChI=1S/C18H22N4O3/c1-2-24-16-5-6-19-18(20-16)22-9-7-21(8-10-22)17(23)14-12-13(14)15-4-3-11-25-15/h3-6,11,13-14H,2,7-10,12H2,1H3. The summed E-state index contributed by atoms with van der Waals surface area (Å²) in [6.45, 7) is 5.38. The Morgan fingerprint density at radius 2 is 2.16 bits per heavy atom. The van der Waals surface area contributed by atoms with Gasteiger partial charge in [0.15, 0.2) is 0 Å². The largest absolute Gasteiger partial charge is 0.478 e. The Bertz CT molecular complexity index is 726. The molecule has 132 valence electrons. The van der Waals surface area contributed by atoms with Gasteiger partial charge in [0.25, 0.3) is 0 Å². The Balaban J connectivity index is 1.33. The van der Waals surface area contributed by atoms with Crippen molar-refractivity contribution < 1.29 is 13.9 Å². The number of piperazine rings is 1. The number of carbonyl (C=O) groups excluding carboxylic acids is 1. The van der Waals surface area contributed by atoms with Gasteiger partial charge in [0, 0.05) is 50.3 Å². The molecule has 25 heavy (non-hydrogen) atoms. The minimum atomic E-state index is 0.0789. The molecule has 2 aliphatic rings. The number of furan rings is 1. The molecule has 2 aromatic heterocycles. The van der Waals surface area contributed by atoms with Crippen molar-refractivity contribution in [1.82, 2.24) is 14.9 Å². The first-order valence-corrected chi connectivity index (χ1v) is 8.79. The summed E-state index contributed by atoms with van der Waals surface area (Å²) in [6.07, 6.45) is 4.28. The third-order valence-corrected chi connectivity index (χ3v) is 4.80. The first kappa shape index (κ1) is 15.9. The van der Waals surface area contributed by atoms with Crippen LogP contribution in [0.3, 0.4) is 0 Å². The van der Waals surface area contributed by atoms with Crippen molar-refractivity contribution in [3.8, 4) is 5.88 Å². The maximum absolute atomic E-state index is 12.7. The predicted octanol–water partition coefficient (Wildman–Crippen LogP) is 1.92. The molecule has 0 spiro atoms. The van der Waals surface area contributed by atoms with Gasteiger partial charge >= 0.3 is 0 Å². The number of anilines is 1. The van der Waals surface area contributed by atoms with E-state index < -0.39 is 0 Å². The molecule has 4 rings (SSSR count). The normalized spacial score (nSPS) is 22.8. The Morgan fingerprint density at radius 3 is 2.88 bits per heavy atom. The van der Waals surface area contributed by atoms with Gasteiger partial charge in [-0.05, 0) is 25.5 Å². The molecule has 3 heterocycles. The molecule has 2 aromatic rings. The molecule has 2 unspecified atom stereocenters. The van der Waals surface area contributed by atoms with Gasteiger partial charge in [-0.2, -0.15) is 4.98 Å². The fourth-order valence-electron chi connectivity index (χ4n) is 3.36. The van der Waals surface area contributed by atoms with Gasteiger partial charge in [0.1, 0.15) is 5.76 Å². The molecule has 2 atom stereocenters. The fourth-order valence-corrected chi connectivity index (χ4v) is 3.36. The lowest BCUT2D eigenvalue weighted by Crippen LogP contribution is -2.49. The third kappa shape index (κ3) is 3.31. The molecule has 1 amide bonds. The molecule has 1 saturated heterocycles. The molecule has 7 nitrogen and oxygen atoms in total. The lowest BCUT2D eigenvalue weighted by molar-refractivity contribution is -0.133. The first-order valence-electron chi connectivity index (χ1n) is 8.79. The lowest BCUT2D eigenvalue weighted by atomic mass is 10.2. The average Bonchev–Trinajstić information content (AvgIpc) is 3.26. The molecule has 0 radical (unpaired) electrons. The van der Waals surface area contributed by atoms with Crippen LogP contribution < -0.4 is 9.64 Å². The van der Waals surface area contributed by atoms with Gasteiger partial charge in [-0.3, -0.25) is 4.79 Å². The monoisotopic (exact) mass is 342 g/mol. The maximum atomic E-state index is 12.7. The maximum Gasteiger partial charge on any atom is 0.228 e. The average molecular weight is 342 g/mol. The highest BCUT2D eigenvalue weighted by Gasteiger charge is 2.47. The fraction of sp³-hybridized carbons (Fsp3) is 0.500. The van der Waals surface area contributed by atoms with Crippen LogP contribution in [0.2, 0.25) is 0 Å². The van der Waals surface area contributed by atoms with Crippen LogP contribution in [-0.2, 0) is 4.79 Å². The van der Waals surface area contributed by atoms with Gasteiger partial charge in [-0.1, -0.05) is 0 Å². The van der Waals surface area contributed by atoms with E-state index in [1.54, 1.807) is 18.5 Å². The summed E-state index contributed by atoms with van der Waals surface area (Å²) in [5.74, 6) is 2.76. The Labute approximate surface area is 146 Å². The van der Waals surface area contributed by atoms with E-state index >= 15 is 0 Å². The molecule has 0 aromatic carbocycles. The zero-order chi connectivity index (χ0) is 17.2. The summed E-state index contributed by atoms with van der Waals surface area (Å²) >= 11 is 0. The number of amides is 1. The molecular formula is C18H22N4O3. The molecule has 1 aliphatic carbocycles. The van der Waals surface area contributed by atoms with Gasteiger partial charge < -0.3 is 19.0 Å². The van der Waals surface area contributed by atoms with E-state index in [1.165, 1.54) is 0 Å². The SMILES string of the molecule is CCOc1ccnc(N2CCN(C(=O)C3CC3c3ccco3)CC2)n1. The summed E-state index contributed by atoms with van der Waals surface area (Å²) < 4.78 is 10.9. The Hall–Kier alpha value is -2.57. The van der Waals surface area contributed by atoms with Crippen LogP contribution in [-0.4, -0.2) is 53.6 Å². The molecular weight excluding hydrogens is 320 g/mol. The zero-order valence-corrected chi connectivity index (χ0v) is 14.3. The van der Waals surface area contributed by atoms with Crippen molar-refractivity contribution in [1.29, 1.82) is 0 Å². The van der Waals surface area contributed by atoms with Crippen LogP contribution in [0.4, 0.5) is 5.95 Å². The van der Waals surface area contributed by atoms with E-state index in [0.29, 0.717) is 31.5 Å². The van der Waals surface area contributed by atoms with Crippen LogP contribution in [0.1, 0.15) is 25.0 Å². The predicted molar refractivity (Wildman–Crippen MR) is 91.6 cm³/mol. The molecule has 0 N–H and O–H groups in total. The summed E-state index contributed by atoms with van der Waals surface area (Å²) in [5.41, 5.74) is 0. The van der Waals surface area contributed by atoms with Gasteiger partial charge in [-0.15, -0.1) is 0 Å². The lowest BCUT2D eigenvalue weighted by Gasteiger charge is -2.35. The summed E-state index contributed by atoms with van der Waals surface area (Å²) in [7, 11) is 0. The van der Waals surface area contributed by atoms with E-state index in [2.05, 4.69) is 14.9 Å². The second-order valence-corrected chi connectivity index (χ2v) is 6.40. The second kappa shape index (κ2) is 6.74. The summed E-state index contributed by atoms with van der Waals surface area (Å²) in [4.78, 5) is 25.5. The number of aromatic nitrogens is 2. The van der Waals surface area contributed by atoms with Crippen molar-refractivity contribution >= 4 is 11.9 Å². The van der Waals surface area contributed by atoms with E-state index in [1.807, 2.05) is 24.0 Å². The number of hydrogen-bond donors (Lipinski definition) is 0.